The third kappa shape index (κ3) is 4.51. The summed E-state index contributed by atoms with van der Waals surface area (Å²) < 4.78 is 40.4. The molecule has 186 valence electrons. The Morgan fingerprint density at radius 3 is 2.60 bits per heavy atom. The Hall–Kier alpha value is -3.02. The van der Waals surface area contributed by atoms with Crippen LogP contribution in [0.4, 0.5) is 5.69 Å². The van der Waals surface area contributed by atoms with E-state index in [2.05, 4.69) is 10.4 Å². The number of hydrogen-bond donors (Lipinski definition) is 1. The minimum Gasteiger partial charge on any atom is -0.495 e. The third-order valence-corrected chi connectivity index (χ3v) is 8.25. The van der Waals surface area contributed by atoms with Gasteiger partial charge in [-0.2, -0.15) is 9.40 Å². The fourth-order valence-corrected chi connectivity index (χ4v) is 5.86. The lowest BCUT2D eigenvalue weighted by molar-refractivity contribution is 0.0729. The van der Waals surface area contributed by atoms with Gasteiger partial charge in [0, 0.05) is 36.4 Å². The number of fused-ring (bicyclic) bond motifs is 1. The van der Waals surface area contributed by atoms with Crippen LogP contribution in [-0.2, 0) is 14.8 Å². The van der Waals surface area contributed by atoms with Gasteiger partial charge in [0.2, 0.25) is 10.0 Å². The highest BCUT2D eigenvalue weighted by Gasteiger charge is 2.31. The number of ether oxygens (including phenoxy) is 2. The largest absolute Gasteiger partial charge is 0.495 e. The average Bonchev–Trinajstić information content (AvgIpc) is 3.62. The number of benzene rings is 1. The van der Waals surface area contributed by atoms with Crippen LogP contribution in [-0.4, -0.2) is 66.8 Å². The molecule has 3 aromatic rings. The van der Waals surface area contributed by atoms with Crippen molar-refractivity contribution in [1.82, 2.24) is 19.1 Å². The number of amides is 1. The number of carbonyl (C=O) groups excluding carboxylic acids is 1. The van der Waals surface area contributed by atoms with Gasteiger partial charge in [-0.05, 0) is 51.0 Å². The molecule has 1 saturated carbocycles. The van der Waals surface area contributed by atoms with Crippen molar-refractivity contribution in [3.05, 3.63) is 41.7 Å². The molecule has 1 aliphatic carbocycles. The zero-order chi connectivity index (χ0) is 24.7. The van der Waals surface area contributed by atoms with Crippen molar-refractivity contribution >= 4 is 32.7 Å². The van der Waals surface area contributed by atoms with E-state index in [1.165, 1.54) is 17.5 Å². The Kier molecular flexibility index (Phi) is 6.24. The fraction of sp³-hybridized carbons (Fsp3) is 0.458. The fourth-order valence-electron chi connectivity index (χ4n) is 4.27. The first-order valence-corrected chi connectivity index (χ1v) is 13.2. The summed E-state index contributed by atoms with van der Waals surface area (Å²) in [6.45, 7) is 5.24. The second-order valence-corrected chi connectivity index (χ2v) is 11.0. The smallest absolute Gasteiger partial charge is 0.256 e. The van der Waals surface area contributed by atoms with E-state index in [9.17, 15) is 13.2 Å². The van der Waals surface area contributed by atoms with Crippen LogP contribution in [0.25, 0.3) is 11.0 Å². The van der Waals surface area contributed by atoms with Crippen molar-refractivity contribution in [2.75, 3.05) is 38.7 Å². The van der Waals surface area contributed by atoms with Crippen LogP contribution in [0.5, 0.6) is 5.75 Å². The first kappa shape index (κ1) is 23.7. The molecule has 35 heavy (non-hydrogen) atoms. The molecule has 11 heteroatoms. The molecule has 10 nitrogen and oxygen atoms in total. The molecule has 1 aromatic carbocycles. The van der Waals surface area contributed by atoms with E-state index in [0.717, 1.165) is 18.5 Å². The number of morpholine rings is 1. The molecule has 1 amide bonds. The van der Waals surface area contributed by atoms with Crippen molar-refractivity contribution in [3.8, 4) is 5.75 Å². The van der Waals surface area contributed by atoms with E-state index >= 15 is 0 Å². The normalized spacial score (nSPS) is 17.1. The molecule has 2 aliphatic rings. The summed E-state index contributed by atoms with van der Waals surface area (Å²) in [7, 11) is -2.40. The first-order valence-electron chi connectivity index (χ1n) is 11.7. The molecule has 0 spiro atoms. The standard InChI is InChI=1S/C24H29N5O5S/c1-15(2)29-23-19(14-25-29)18(13-20(27-23)16-4-5-16)24(30)26-17-6-7-21(33-3)22(12-17)35(31,32)28-8-10-34-11-9-28/h6-7,12-16H,4-5,8-11H2,1-3H3,(H,26,30). The minimum atomic E-state index is -3.82. The number of hydrogen-bond acceptors (Lipinski definition) is 7. The molecular weight excluding hydrogens is 470 g/mol. The quantitative estimate of drug-likeness (QED) is 0.531. The molecule has 0 atom stereocenters. The van der Waals surface area contributed by atoms with Gasteiger partial charge in [-0.15, -0.1) is 0 Å². The van der Waals surface area contributed by atoms with Crippen LogP contribution in [0.15, 0.2) is 35.4 Å². The number of sulfonamides is 1. The van der Waals surface area contributed by atoms with E-state index in [1.54, 1.807) is 18.3 Å². The second kappa shape index (κ2) is 9.21. The van der Waals surface area contributed by atoms with Crippen molar-refractivity contribution in [2.24, 2.45) is 0 Å². The molecule has 2 aromatic heterocycles. The number of anilines is 1. The Labute approximate surface area is 204 Å². The van der Waals surface area contributed by atoms with Crippen molar-refractivity contribution in [3.63, 3.8) is 0 Å². The number of nitrogens with one attached hydrogen (secondary N) is 1. The predicted octanol–water partition coefficient (Wildman–Crippen LogP) is 3.17. The van der Waals surface area contributed by atoms with Gasteiger partial charge in [-0.1, -0.05) is 0 Å². The van der Waals surface area contributed by atoms with Crippen LogP contribution in [0.1, 0.15) is 54.7 Å². The molecule has 1 saturated heterocycles. The third-order valence-electron chi connectivity index (χ3n) is 6.33. The monoisotopic (exact) mass is 499 g/mol. The van der Waals surface area contributed by atoms with Crippen molar-refractivity contribution in [2.45, 2.75) is 43.5 Å². The number of pyridine rings is 1. The van der Waals surface area contributed by atoms with E-state index in [0.29, 0.717) is 41.4 Å². The Morgan fingerprint density at radius 1 is 1.20 bits per heavy atom. The Morgan fingerprint density at radius 2 is 1.94 bits per heavy atom. The maximum absolute atomic E-state index is 13.4. The van der Waals surface area contributed by atoms with Crippen LogP contribution in [0, 0.1) is 0 Å². The van der Waals surface area contributed by atoms with Gasteiger partial charge < -0.3 is 14.8 Å². The molecule has 5 rings (SSSR count). The first-order chi connectivity index (χ1) is 16.8. The van der Waals surface area contributed by atoms with Crippen LogP contribution in [0.2, 0.25) is 0 Å². The van der Waals surface area contributed by atoms with E-state index in [1.807, 2.05) is 24.6 Å². The summed E-state index contributed by atoms with van der Waals surface area (Å²) in [5.41, 5.74) is 2.39. The molecule has 0 unspecified atom stereocenters. The summed E-state index contributed by atoms with van der Waals surface area (Å²) in [4.78, 5) is 18.2. The van der Waals surface area contributed by atoms with Gasteiger partial charge in [-0.3, -0.25) is 4.79 Å². The molecule has 0 radical (unpaired) electrons. The van der Waals surface area contributed by atoms with Crippen molar-refractivity contribution in [1.29, 1.82) is 0 Å². The Balaban J connectivity index is 1.50. The van der Waals surface area contributed by atoms with Gasteiger partial charge in [0.15, 0.2) is 5.65 Å². The van der Waals surface area contributed by atoms with Crippen molar-refractivity contribution < 1.29 is 22.7 Å². The summed E-state index contributed by atoms with van der Waals surface area (Å²) in [6.07, 6.45) is 3.77. The van der Waals surface area contributed by atoms with Gasteiger partial charge >= 0.3 is 0 Å². The highest BCUT2D eigenvalue weighted by molar-refractivity contribution is 7.89. The van der Waals surface area contributed by atoms with Gasteiger partial charge in [-0.25, -0.2) is 18.1 Å². The predicted molar refractivity (Wildman–Crippen MR) is 130 cm³/mol. The van der Waals surface area contributed by atoms with Gasteiger partial charge in [0.1, 0.15) is 10.6 Å². The van der Waals surface area contributed by atoms with E-state index in [-0.39, 0.29) is 35.7 Å². The number of nitrogens with zero attached hydrogens (tertiary/aromatic N) is 4. The summed E-state index contributed by atoms with van der Waals surface area (Å²) in [5, 5.41) is 7.99. The van der Waals surface area contributed by atoms with E-state index in [4.69, 9.17) is 14.5 Å². The number of carbonyl (C=O) groups is 1. The molecule has 3 heterocycles. The van der Waals surface area contributed by atoms with Crippen LogP contribution >= 0.6 is 0 Å². The highest BCUT2D eigenvalue weighted by atomic mass is 32.2. The maximum atomic E-state index is 13.4. The van der Waals surface area contributed by atoms with Gasteiger partial charge in [0.05, 0.1) is 37.5 Å². The Bertz CT molecular complexity index is 1370. The lowest BCUT2D eigenvalue weighted by atomic mass is 10.1. The lowest BCUT2D eigenvalue weighted by Gasteiger charge is -2.26. The number of rotatable bonds is 7. The number of aromatic nitrogens is 3. The molecule has 1 N–H and O–H groups in total. The minimum absolute atomic E-state index is 0.00544. The molecule has 0 bridgehead atoms. The molecular formula is C24H29N5O5S. The lowest BCUT2D eigenvalue weighted by Crippen LogP contribution is -2.40. The topological polar surface area (TPSA) is 116 Å². The summed E-state index contributed by atoms with van der Waals surface area (Å²) in [5.74, 6) is 0.227. The van der Waals surface area contributed by atoms with Crippen LogP contribution in [0.3, 0.4) is 0 Å². The number of methoxy groups -OCH3 is 1. The van der Waals surface area contributed by atoms with Crippen LogP contribution < -0.4 is 10.1 Å². The molecule has 1 aliphatic heterocycles. The summed E-state index contributed by atoms with van der Waals surface area (Å²) in [6, 6.07) is 6.56. The summed E-state index contributed by atoms with van der Waals surface area (Å²) >= 11 is 0. The SMILES string of the molecule is COc1ccc(NC(=O)c2cc(C3CC3)nc3c2cnn3C(C)C)cc1S(=O)(=O)N1CCOCC1. The van der Waals surface area contributed by atoms with E-state index < -0.39 is 10.0 Å². The second-order valence-electron chi connectivity index (χ2n) is 9.13. The van der Waals surface area contributed by atoms with Gasteiger partial charge in [0.25, 0.3) is 5.91 Å². The maximum Gasteiger partial charge on any atom is 0.256 e. The molecule has 2 fully saturated rings. The zero-order valence-electron chi connectivity index (χ0n) is 20.0. The zero-order valence-corrected chi connectivity index (χ0v) is 20.8. The average molecular weight is 500 g/mol. The highest BCUT2D eigenvalue weighted by Crippen LogP contribution is 2.40.